The Balaban J connectivity index is 2.30. The van der Waals surface area contributed by atoms with Gasteiger partial charge in [-0.1, -0.05) is 32.1 Å². The largest absolute Gasteiger partial charge is 0.416 e. The zero-order chi connectivity index (χ0) is 15.1. The molecule has 0 amide bonds. The van der Waals surface area contributed by atoms with Crippen LogP contribution in [0.5, 0.6) is 0 Å². The standard InChI is InChI=1S/C14H17F3N2S/c1-8(13(2,3)4)18-12-19-10-7-9(14(15,16)17)5-6-11(10)20-12/h5-8H,1-4H3,(H,18,19). The predicted octanol–water partition coefficient (Wildman–Crippen LogP) is 5.16. The maximum atomic E-state index is 12.6. The van der Waals surface area contributed by atoms with E-state index in [4.69, 9.17) is 0 Å². The van der Waals surface area contributed by atoms with E-state index < -0.39 is 11.7 Å². The van der Waals surface area contributed by atoms with Gasteiger partial charge < -0.3 is 5.32 Å². The molecule has 0 spiro atoms. The fourth-order valence-corrected chi connectivity index (χ4v) is 2.50. The van der Waals surface area contributed by atoms with Crippen molar-refractivity contribution in [1.29, 1.82) is 0 Å². The molecule has 2 aromatic rings. The molecule has 2 nitrogen and oxygen atoms in total. The highest BCUT2D eigenvalue weighted by Gasteiger charge is 2.31. The summed E-state index contributed by atoms with van der Waals surface area (Å²) in [7, 11) is 0. The molecule has 6 heteroatoms. The molecule has 0 saturated carbocycles. The van der Waals surface area contributed by atoms with Gasteiger partial charge in [0.2, 0.25) is 0 Å². The third kappa shape index (κ3) is 3.23. The molecule has 1 N–H and O–H groups in total. The van der Waals surface area contributed by atoms with Crippen LogP contribution in [0.1, 0.15) is 33.3 Å². The molecule has 1 aromatic heterocycles. The summed E-state index contributed by atoms with van der Waals surface area (Å²) in [6.45, 7) is 8.33. The lowest BCUT2D eigenvalue weighted by atomic mass is 9.88. The van der Waals surface area contributed by atoms with Crippen LogP contribution in [-0.4, -0.2) is 11.0 Å². The number of nitrogens with zero attached hydrogens (tertiary/aromatic N) is 1. The summed E-state index contributed by atoms with van der Waals surface area (Å²) in [5.74, 6) is 0. The number of benzene rings is 1. The van der Waals surface area contributed by atoms with Gasteiger partial charge in [-0.05, 0) is 30.5 Å². The number of rotatable bonds is 2. The fourth-order valence-electron chi connectivity index (χ4n) is 1.57. The molecule has 0 aliphatic carbocycles. The third-order valence-electron chi connectivity index (χ3n) is 3.35. The number of hydrogen-bond donors (Lipinski definition) is 1. The molecule has 1 aromatic carbocycles. The van der Waals surface area contributed by atoms with E-state index in [1.807, 2.05) is 6.92 Å². The number of anilines is 1. The van der Waals surface area contributed by atoms with Crippen LogP contribution in [0.3, 0.4) is 0 Å². The SMILES string of the molecule is CC(Nc1nc2cc(C(F)(F)F)ccc2s1)C(C)(C)C. The molecular formula is C14H17F3N2S. The van der Waals surface area contributed by atoms with Gasteiger partial charge in [0.25, 0.3) is 0 Å². The van der Waals surface area contributed by atoms with Crippen molar-refractivity contribution in [2.75, 3.05) is 5.32 Å². The molecule has 0 saturated heterocycles. The predicted molar refractivity (Wildman–Crippen MR) is 77.2 cm³/mol. The van der Waals surface area contributed by atoms with Crippen LogP contribution in [0.25, 0.3) is 10.2 Å². The molecule has 1 heterocycles. The molecule has 0 fully saturated rings. The van der Waals surface area contributed by atoms with Crippen LogP contribution >= 0.6 is 11.3 Å². The Bertz CT molecular complexity index is 611. The molecule has 110 valence electrons. The Hall–Kier alpha value is -1.30. The van der Waals surface area contributed by atoms with Gasteiger partial charge in [0.05, 0.1) is 15.8 Å². The van der Waals surface area contributed by atoms with Crippen molar-refractivity contribution in [3.63, 3.8) is 0 Å². The summed E-state index contributed by atoms with van der Waals surface area (Å²) < 4.78 is 38.7. The van der Waals surface area contributed by atoms with Crippen molar-refractivity contribution in [2.45, 2.75) is 39.9 Å². The second-order valence-electron chi connectivity index (χ2n) is 5.93. The van der Waals surface area contributed by atoms with Crippen molar-refractivity contribution >= 4 is 26.7 Å². The normalized spacial score (nSPS) is 14.6. The second-order valence-corrected chi connectivity index (χ2v) is 6.96. The Morgan fingerprint density at radius 2 is 1.85 bits per heavy atom. The van der Waals surface area contributed by atoms with E-state index in [1.54, 1.807) is 0 Å². The van der Waals surface area contributed by atoms with E-state index in [0.717, 1.165) is 16.8 Å². The molecule has 1 atom stereocenters. The van der Waals surface area contributed by atoms with Gasteiger partial charge in [0.15, 0.2) is 5.13 Å². The van der Waals surface area contributed by atoms with Gasteiger partial charge in [0, 0.05) is 6.04 Å². The zero-order valence-electron chi connectivity index (χ0n) is 11.8. The van der Waals surface area contributed by atoms with E-state index in [9.17, 15) is 13.2 Å². The maximum absolute atomic E-state index is 12.6. The van der Waals surface area contributed by atoms with Gasteiger partial charge in [-0.25, -0.2) is 4.98 Å². The van der Waals surface area contributed by atoms with Crippen LogP contribution in [0.2, 0.25) is 0 Å². The van der Waals surface area contributed by atoms with Crippen LogP contribution in [0, 0.1) is 5.41 Å². The quantitative estimate of drug-likeness (QED) is 0.828. The van der Waals surface area contributed by atoms with Gasteiger partial charge in [-0.15, -0.1) is 0 Å². The number of alkyl halides is 3. The third-order valence-corrected chi connectivity index (χ3v) is 4.32. The fraction of sp³-hybridized carbons (Fsp3) is 0.500. The minimum absolute atomic E-state index is 0.0506. The van der Waals surface area contributed by atoms with E-state index >= 15 is 0 Å². The summed E-state index contributed by atoms with van der Waals surface area (Å²) in [6.07, 6.45) is -4.33. The number of aromatic nitrogens is 1. The topological polar surface area (TPSA) is 24.9 Å². The minimum Gasteiger partial charge on any atom is -0.359 e. The molecule has 0 radical (unpaired) electrons. The van der Waals surface area contributed by atoms with E-state index in [0.29, 0.717) is 10.6 Å². The molecule has 2 rings (SSSR count). The smallest absolute Gasteiger partial charge is 0.359 e. The lowest BCUT2D eigenvalue weighted by Gasteiger charge is -2.27. The lowest BCUT2D eigenvalue weighted by molar-refractivity contribution is -0.137. The van der Waals surface area contributed by atoms with Crippen LogP contribution in [0.15, 0.2) is 18.2 Å². The Morgan fingerprint density at radius 3 is 2.40 bits per heavy atom. The number of hydrogen-bond acceptors (Lipinski definition) is 3. The zero-order valence-corrected chi connectivity index (χ0v) is 12.6. The molecule has 1 unspecified atom stereocenters. The minimum atomic E-state index is -4.33. The average molecular weight is 302 g/mol. The Labute approximate surface area is 120 Å². The van der Waals surface area contributed by atoms with E-state index in [2.05, 4.69) is 31.1 Å². The Kier molecular flexibility index (Phi) is 3.71. The highest BCUT2D eigenvalue weighted by Crippen LogP contribution is 2.34. The van der Waals surface area contributed by atoms with Crippen LogP contribution < -0.4 is 5.32 Å². The second kappa shape index (κ2) is 4.91. The first-order chi connectivity index (χ1) is 9.07. The molecule has 0 aliphatic rings. The maximum Gasteiger partial charge on any atom is 0.416 e. The number of fused-ring (bicyclic) bond motifs is 1. The summed E-state index contributed by atoms with van der Waals surface area (Å²) in [4.78, 5) is 4.25. The molecular weight excluding hydrogens is 285 g/mol. The van der Waals surface area contributed by atoms with E-state index in [-0.39, 0.29) is 11.5 Å². The first kappa shape index (κ1) is 15.1. The van der Waals surface area contributed by atoms with Crippen molar-refractivity contribution < 1.29 is 13.2 Å². The van der Waals surface area contributed by atoms with Crippen molar-refractivity contribution in [2.24, 2.45) is 5.41 Å². The van der Waals surface area contributed by atoms with Gasteiger partial charge in [-0.3, -0.25) is 0 Å². The first-order valence-corrected chi connectivity index (χ1v) is 7.13. The average Bonchev–Trinajstić information content (AvgIpc) is 2.67. The Morgan fingerprint density at radius 1 is 1.20 bits per heavy atom. The molecule has 0 aliphatic heterocycles. The monoisotopic (exact) mass is 302 g/mol. The summed E-state index contributed by atoms with van der Waals surface area (Å²) >= 11 is 1.37. The number of nitrogens with one attached hydrogen (secondary N) is 1. The summed E-state index contributed by atoms with van der Waals surface area (Å²) in [5.41, 5.74) is -0.228. The highest BCUT2D eigenvalue weighted by atomic mass is 32.1. The number of halogens is 3. The highest BCUT2D eigenvalue weighted by molar-refractivity contribution is 7.22. The van der Waals surface area contributed by atoms with Crippen molar-refractivity contribution in [3.8, 4) is 0 Å². The summed E-state index contributed by atoms with van der Waals surface area (Å²) in [6, 6.07) is 3.84. The van der Waals surface area contributed by atoms with Crippen molar-refractivity contribution in [1.82, 2.24) is 4.98 Å². The van der Waals surface area contributed by atoms with Crippen LogP contribution in [0.4, 0.5) is 18.3 Å². The molecule has 0 bridgehead atoms. The summed E-state index contributed by atoms with van der Waals surface area (Å²) in [5, 5.41) is 3.91. The first-order valence-electron chi connectivity index (χ1n) is 6.32. The van der Waals surface area contributed by atoms with Gasteiger partial charge >= 0.3 is 6.18 Å². The molecule has 20 heavy (non-hydrogen) atoms. The lowest BCUT2D eigenvalue weighted by Crippen LogP contribution is -2.30. The van der Waals surface area contributed by atoms with Crippen molar-refractivity contribution in [3.05, 3.63) is 23.8 Å². The van der Waals surface area contributed by atoms with Gasteiger partial charge in [0.1, 0.15) is 0 Å². The number of thiazole rings is 1. The van der Waals surface area contributed by atoms with Gasteiger partial charge in [-0.2, -0.15) is 13.2 Å². The van der Waals surface area contributed by atoms with E-state index in [1.165, 1.54) is 17.4 Å². The van der Waals surface area contributed by atoms with Crippen LogP contribution in [-0.2, 0) is 6.18 Å².